The predicted molar refractivity (Wildman–Crippen MR) is 72.2 cm³/mol. The van der Waals surface area contributed by atoms with E-state index in [-0.39, 0.29) is 18.1 Å². The zero-order chi connectivity index (χ0) is 13.0. The third kappa shape index (κ3) is 3.47. The van der Waals surface area contributed by atoms with Crippen LogP contribution in [0.5, 0.6) is 0 Å². The summed E-state index contributed by atoms with van der Waals surface area (Å²) in [7, 11) is 1.88. The van der Waals surface area contributed by atoms with Gasteiger partial charge in [-0.15, -0.1) is 0 Å². The molecule has 3 heteroatoms. The van der Waals surface area contributed by atoms with Gasteiger partial charge < -0.3 is 10.0 Å². The van der Waals surface area contributed by atoms with E-state index < -0.39 is 0 Å². The van der Waals surface area contributed by atoms with E-state index in [2.05, 4.69) is 0 Å². The molecular weight excluding hydrogens is 226 g/mol. The Morgan fingerprint density at radius 2 is 1.67 bits per heavy atom. The first-order valence-corrected chi connectivity index (χ1v) is 7.62. The van der Waals surface area contributed by atoms with E-state index in [9.17, 15) is 9.90 Å². The fourth-order valence-corrected chi connectivity index (χ4v) is 3.51. The molecule has 104 valence electrons. The second-order valence-corrected chi connectivity index (χ2v) is 6.13. The molecule has 0 aromatic carbocycles. The van der Waals surface area contributed by atoms with Gasteiger partial charge in [0, 0.05) is 13.5 Å². The molecule has 1 N–H and O–H groups in total. The minimum Gasteiger partial charge on any atom is -0.391 e. The summed E-state index contributed by atoms with van der Waals surface area (Å²) in [5.41, 5.74) is 0. The first-order chi connectivity index (χ1) is 8.68. The van der Waals surface area contributed by atoms with Crippen molar-refractivity contribution < 1.29 is 9.90 Å². The first kappa shape index (κ1) is 13.9. The predicted octanol–water partition coefficient (Wildman–Crippen LogP) is 2.72. The van der Waals surface area contributed by atoms with E-state index in [1.807, 2.05) is 11.9 Å². The van der Waals surface area contributed by atoms with Crippen LogP contribution in [-0.2, 0) is 4.79 Å². The Morgan fingerprint density at radius 1 is 1.06 bits per heavy atom. The quantitative estimate of drug-likeness (QED) is 0.840. The maximum Gasteiger partial charge on any atom is 0.222 e. The zero-order valence-corrected chi connectivity index (χ0v) is 11.6. The SMILES string of the molecule is CN(C(=O)CC1CCCCC1)C1CCCCC1O. The average Bonchev–Trinajstić information content (AvgIpc) is 2.39. The van der Waals surface area contributed by atoms with Crippen molar-refractivity contribution in [1.82, 2.24) is 4.90 Å². The van der Waals surface area contributed by atoms with E-state index in [0.29, 0.717) is 12.3 Å². The molecule has 2 aliphatic rings. The third-order valence-electron chi connectivity index (χ3n) is 4.77. The lowest BCUT2D eigenvalue weighted by Gasteiger charge is -2.36. The average molecular weight is 253 g/mol. The maximum atomic E-state index is 12.3. The van der Waals surface area contributed by atoms with Crippen LogP contribution in [0, 0.1) is 5.92 Å². The van der Waals surface area contributed by atoms with Gasteiger partial charge in [0.2, 0.25) is 5.91 Å². The lowest BCUT2D eigenvalue weighted by Crippen LogP contribution is -2.46. The third-order valence-corrected chi connectivity index (χ3v) is 4.77. The van der Waals surface area contributed by atoms with Crippen LogP contribution < -0.4 is 0 Å². The Morgan fingerprint density at radius 3 is 2.33 bits per heavy atom. The second-order valence-electron chi connectivity index (χ2n) is 6.13. The highest BCUT2D eigenvalue weighted by molar-refractivity contribution is 5.76. The minimum absolute atomic E-state index is 0.0647. The summed E-state index contributed by atoms with van der Waals surface area (Å²) >= 11 is 0. The summed E-state index contributed by atoms with van der Waals surface area (Å²) in [6.45, 7) is 0. The van der Waals surface area contributed by atoms with Crippen molar-refractivity contribution in [3.63, 3.8) is 0 Å². The summed E-state index contributed by atoms with van der Waals surface area (Å²) in [6.07, 6.45) is 10.8. The molecule has 1 amide bonds. The Bertz CT molecular complexity index is 274. The van der Waals surface area contributed by atoms with Crippen LogP contribution in [0.3, 0.4) is 0 Å². The van der Waals surface area contributed by atoms with Crippen LogP contribution in [0.1, 0.15) is 64.2 Å². The fraction of sp³-hybridized carbons (Fsp3) is 0.933. The van der Waals surface area contributed by atoms with Gasteiger partial charge in [-0.1, -0.05) is 32.1 Å². The van der Waals surface area contributed by atoms with Crippen LogP contribution in [0.2, 0.25) is 0 Å². The van der Waals surface area contributed by atoms with Crippen molar-refractivity contribution in [2.45, 2.75) is 76.4 Å². The Kier molecular flexibility index (Phi) is 5.04. The molecule has 0 saturated heterocycles. The van der Waals surface area contributed by atoms with Crippen molar-refractivity contribution in [3.05, 3.63) is 0 Å². The highest BCUT2D eigenvalue weighted by Gasteiger charge is 2.30. The number of hydrogen-bond acceptors (Lipinski definition) is 2. The van der Waals surface area contributed by atoms with Crippen molar-refractivity contribution >= 4 is 5.91 Å². The Labute approximate surface area is 111 Å². The molecule has 0 heterocycles. The monoisotopic (exact) mass is 253 g/mol. The van der Waals surface area contributed by atoms with Crippen molar-refractivity contribution in [2.75, 3.05) is 7.05 Å². The maximum absolute atomic E-state index is 12.3. The molecule has 0 spiro atoms. The van der Waals surface area contributed by atoms with Crippen LogP contribution in [-0.4, -0.2) is 35.1 Å². The number of amides is 1. The molecule has 3 nitrogen and oxygen atoms in total. The van der Waals surface area contributed by atoms with Gasteiger partial charge in [-0.25, -0.2) is 0 Å². The smallest absolute Gasteiger partial charge is 0.222 e. The molecule has 2 atom stereocenters. The highest BCUT2D eigenvalue weighted by Crippen LogP contribution is 2.28. The number of aliphatic hydroxyl groups excluding tert-OH is 1. The molecule has 2 aliphatic carbocycles. The molecule has 2 rings (SSSR count). The van der Waals surface area contributed by atoms with Gasteiger partial charge in [0.1, 0.15) is 0 Å². The largest absolute Gasteiger partial charge is 0.391 e. The van der Waals surface area contributed by atoms with E-state index in [0.717, 1.165) is 25.7 Å². The molecule has 0 bridgehead atoms. The van der Waals surface area contributed by atoms with Gasteiger partial charge in [-0.05, 0) is 31.6 Å². The zero-order valence-electron chi connectivity index (χ0n) is 11.6. The van der Waals surface area contributed by atoms with Gasteiger partial charge >= 0.3 is 0 Å². The minimum atomic E-state index is -0.306. The first-order valence-electron chi connectivity index (χ1n) is 7.62. The summed E-state index contributed by atoms with van der Waals surface area (Å²) < 4.78 is 0. The van der Waals surface area contributed by atoms with E-state index in [4.69, 9.17) is 0 Å². The normalized spacial score (nSPS) is 30.1. The number of likely N-dealkylation sites (N-methyl/N-ethyl adjacent to an activating group) is 1. The van der Waals surface area contributed by atoms with Crippen LogP contribution in [0.25, 0.3) is 0 Å². The molecule has 18 heavy (non-hydrogen) atoms. The second kappa shape index (κ2) is 6.55. The van der Waals surface area contributed by atoms with Crippen LogP contribution in [0.4, 0.5) is 0 Å². The van der Waals surface area contributed by atoms with Gasteiger partial charge in [0.05, 0.1) is 12.1 Å². The van der Waals surface area contributed by atoms with E-state index in [1.54, 1.807) is 0 Å². The van der Waals surface area contributed by atoms with Crippen LogP contribution >= 0.6 is 0 Å². The van der Waals surface area contributed by atoms with Crippen molar-refractivity contribution in [3.8, 4) is 0 Å². The van der Waals surface area contributed by atoms with Crippen molar-refractivity contribution in [1.29, 1.82) is 0 Å². The molecule has 2 saturated carbocycles. The number of rotatable bonds is 3. The van der Waals surface area contributed by atoms with Gasteiger partial charge in [-0.3, -0.25) is 4.79 Å². The van der Waals surface area contributed by atoms with Crippen LogP contribution in [0.15, 0.2) is 0 Å². The van der Waals surface area contributed by atoms with Crippen molar-refractivity contribution in [2.24, 2.45) is 5.92 Å². The number of carbonyl (C=O) groups is 1. The van der Waals surface area contributed by atoms with E-state index in [1.165, 1.54) is 32.1 Å². The van der Waals surface area contributed by atoms with E-state index >= 15 is 0 Å². The van der Waals surface area contributed by atoms with Gasteiger partial charge in [0.15, 0.2) is 0 Å². The number of hydrogen-bond donors (Lipinski definition) is 1. The topological polar surface area (TPSA) is 40.5 Å². The summed E-state index contributed by atoms with van der Waals surface area (Å²) in [4.78, 5) is 14.1. The Hall–Kier alpha value is -0.570. The summed E-state index contributed by atoms with van der Waals surface area (Å²) in [5.74, 6) is 0.835. The van der Waals surface area contributed by atoms with Gasteiger partial charge in [0.25, 0.3) is 0 Å². The molecule has 0 aliphatic heterocycles. The molecule has 0 aromatic heterocycles. The molecular formula is C15H27NO2. The number of carbonyl (C=O) groups excluding carboxylic acids is 1. The lowest BCUT2D eigenvalue weighted by atomic mass is 9.86. The summed E-state index contributed by atoms with van der Waals surface area (Å²) in [6, 6.07) is 0.0647. The molecule has 0 aromatic rings. The highest BCUT2D eigenvalue weighted by atomic mass is 16.3. The molecule has 2 unspecified atom stereocenters. The lowest BCUT2D eigenvalue weighted by molar-refractivity contribution is -0.136. The fourth-order valence-electron chi connectivity index (χ4n) is 3.51. The Balaban J connectivity index is 1.83. The standard InChI is InChI=1S/C15H27NO2/c1-16(13-9-5-6-10-14(13)17)15(18)11-12-7-3-2-4-8-12/h12-14,17H,2-11H2,1H3. The number of aliphatic hydroxyl groups is 1. The molecule has 0 radical (unpaired) electrons. The summed E-state index contributed by atoms with van der Waals surface area (Å²) in [5, 5.41) is 10.0. The molecule has 2 fully saturated rings. The number of nitrogens with zero attached hydrogens (tertiary/aromatic N) is 1. The van der Waals surface area contributed by atoms with Gasteiger partial charge in [-0.2, -0.15) is 0 Å².